The van der Waals surface area contributed by atoms with Crippen LogP contribution in [0.2, 0.25) is 0 Å². The van der Waals surface area contributed by atoms with Crippen LogP contribution in [0.25, 0.3) is 0 Å². The summed E-state index contributed by atoms with van der Waals surface area (Å²) in [4.78, 5) is 10.2. The Kier molecular flexibility index (Phi) is 4.13. The maximum Gasteiger partial charge on any atom is 0.311 e. The van der Waals surface area contributed by atoms with Crippen molar-refractivity contribution >= 4 is 5.69 Å². The maximum absolute atomic E-state index is 13.2. The largest absolute Gasteiger partial charge is 0.450 e. The number of hydrogen-bond acceptors (Lipinski definition) is 4. The Morgan fingerprint density at radius 1 is 1.14 bits per heavy atom. The van der Waals surface area contributed by atoms with E-state index in [4.69, 9.17) is 4.74 Å². The van der Waals surface area contributed by atoms with E-state index in [-0.39, 0.29) is 17.1 Å². The van der Waals surface area contributed by atoms with E-state index in [0.717, 1.165) is 30.3 Å². The first-order chi connectivity index (χ1) is 9.88. The summed E-state index contributed by atoms with van der Waals surface area (Å²) in [6.07, 6.45) is -1.05. The zero-order chi connectivity index (χ0) is 15.6. The second-order valence-electron chi connectivity index (χ2n) is 4.33. The Morgan fingerprint density at radius 2 is 1.76 bits per heavy atom. The quantitative estimate of drug-likeness (QED) is 0.689. The normalized spacial score (nSPS) is 12.0. The van der Waals surface area contributed by atoms with Gasteiger partial charge < -0.3 is 9.84 Å². The van der Waals surface area contributed by atoms with Gasteiger partial charge in [0.2, 0.25) is 5.75 Å². The van der Waals surface area contributed by atoms with E-state index in [0.29, 0.717) is 0 Å². The molecule has 0 heterocycles. The molecule has 0 unspecified atom stereocenters. The molecule has 0 aliphatic heterocycles. The van der Waals surface area contributed by atoms with Crippen molar-refractivity contribution in [3.63, 3.8) is 0 Å². The molecule has 0 fully saturated rings. The van der Waals surface area contributed by atoms with Crippen LogP contribution in [-0.2, 0) is 0 Å². The predicted molar refractivity (Wildman–Crippen MR) is 70.2 cm³/mol. The van der Waals surface area contributed by atoms with E-state index in [1.54, 1.807) is 0 Å². The van der Waals surface area contributed by atoms with Gasteiger partial charge in [0, 0.05) is 17.7 Å². The van der Waals surface area contributed by atoms with Gasteiger partial charge in [-0.15, -0.1) is 0 Å². The topological polar surface area (TPSA) is 72.6 Å². The molecule has 2 aromatic carbocycles. The molecule has 0 saturated heterocycles. The number of benzene rings is 2. The third-order valence-electron chi connectivity index (χ3n) is 2.76. The molecular formula is C14H11F2NO4. The molecule has 0 aliphatic rings. The van der Waals surface area contributed by atoms with E-state index in [1.165, 1.54) is 13.0 Å². The van der Waals surface area contributed by atoms with E-state index in [2.05, 4.69) is 0 Å². The molecule has 1 atom stereocenters. The number of nitrogens with zero attached hydrogens (tertiary/aromatic N) is 1. The van der Waals surface area contributed by atoms with Crippen LogP contribution >= 0.6 is 0 Å². The van der Waals surface area contributed by atoms with Crippen LogP contribution < -0.4 is 4.74 Å². The second-order valence-corrected chi connectivity index (χ2v) is 4.33. The van der Waals surface area contributed by atoms with Gasteiger partial charge in [-0.1, -0.05) is 0 Å². The molecule has 0 aliphatic carbocycles. The fraction of sp³-hybridized carbons (Fsp3) is 0.143. The molecule has 2 rings (SSSR count). The summed E-state index contributed by atoms with van der Waals surface area (Å²) in [6.45, 7) is 1.39. The maximum atomic E-state index is 13.2. The molecule has 21 heavy (non-hydrogen) atoms. The van der Waals surface area contributed by atoms with Gasteiger partial charge in [0.25, 0.3) is 0 Å². The van der Waals surface area contributed by atoms with Crippen molar-refractivity contribution in [3.8, 4) is 11.5 Å². The van der Waals surface area contributed by atoms with E-state index in [9.17, 15) is 24.0 Å². The zero-order valence-electron chi connectivity index (χ0n) is 10.9. The third kappa shape index (κ3) is 3.32. The van der Waals surface area contributed by atoms with Gasteiger partial charge in [-0.25, -0.2) is 8.78 Å². The number of ether oxygens (including phenoxy) is 1. The molecule has 0 spiro atoms. The van der Waals surface area contributed by atoms with E-state index in [1.807, 2.05) is 0 Å². The van der Waals surface area contributed by atoms with Crippen molar-refractivity contribution in [2.24, 2.45) is 0 Å². The third-order valence-corrected chi connectivity index (χ3v) is 2.76. The lowest BCUT2D eigenvalue weighted by Gasteiger charge is -2.13. The minimum atomic E-state index is -1.05. The number of nitro groups is 1. The summed E-state index contributed by atoms with van der Waals surface area (Å²) in [5, 5.41) is 20.5. The Labute approximate surface area is 118 Å². The molecule has 0 aromatic heterocycles. The summed E-state index contributed by atoms with van der Waals surface area (Å²) >= 11 is 0. The molecule has 110 valence electrons. The van der Waals surface area contributed by atoms with Crippen molar-refractivity contribution in [2.75, 3.05) is 0 Å². The molecular weight excluding hydrogens is 284 g/mol. The minimum Gasteiger partial charge on any atom is -0.450 e. The molecule has 0 radical (unpaired) electrons. The van der Waals surface area contributed by atoms with E-state index >= 15 is 0 Å². The average molecular weight is 295 g/mol. The Hall–Kier alpha value is -2.54. The SMILES string of the molecule is C[C@@H](O)c1cc(F)ccc1Oc1cc(F)ccc1[N+](=O)[O-]. The Bertz CT molecular complexity index is 689. The lowest BCUT2D eigenvalue weighted by molar-refractivity contribution is -0.385. The van der Waals surface area contributed by atoms with Gasteiger partial charge in [-0.3, -0.25) is 10.1 Å². The smallest absolute Gasteiger partial charge is 0.311 e. The average Bonchev–Trinajstić information content (AvgIpc) is 2.40. The molecule has 0 amide bonds. The highest BCUT2D eigenvalue weighted by atomic mass is 19.1. The standard InChI is InChI=1S/C14H11F2NO4/c1-8(18)11-6-9(15)3-5-13(11)21-14-7-10(16)2-4-12(14)17(19)20/h2-8,18H,1H3/t8-/m1/s1. The first-order valence-electron chi connectivity index (χ1n) is 5.98. The molecule has 7 heteroatoms. The summed E-state index contributed by atoms with van der Waals surface area (Å²) in [5.41, 5.74) is -0.328. The van der Waals surface area contributed by atoms with Crippen LogP contribution in [0.3, 0.4) is 0 Å². The number of rotatable bonds is 4. The first kappa shape index (κ1) is 14.9. The van der Waals surface area contributed by atoms with Crippen molar-refractivity contribution in [1.29, 1.82) is 0 Å². The van der Waals surface area contributed by atoms with Crippen molar-refractivity contribution in [3.05, 3.63) is 63.7 Å². The number of aliphatic hydroxyl groups excluding tert-OH is 1. The predicted octanol–water partition coefficient (Wildman–Crippen LogP) is 3.72. The summed E-state index contributed by atoms with van der Waals surface area (Å²) < 4.78 is 31.7. The fourth-order valence-electron chi connectivity index (χ4n) is 1.78. The molecule has 1 N–H and O–H groups in total. The first-order valence-corrected chi connectivity index (χ1v) is 5.98. The highest BCUT2D eigenvalue weighted by Crippen LogP contribution is 2.35. The highest BCUT2D eigenvalue weighted by Gasteiger charge is 2.19. The number of hydrogen-bond donors (Lipinski definition) is 1. The number of aliphatic hydroxyl groups is 1. The van der Waals surface area contributed by atoms with Crippen LogP contribution in [-0.4, -0.2) is 10.0 Å². The van der Waals surface area contributed by atoms with Gasteiger partial charge in [-0.05, 0) is 31.2 Å². The van der Waals surface area contributed by atoms with Crippen molar-refractivity contribution in [1.82, 2.24) is 0 Å². The minimum absolute atomic E-state index is 0.0140. The number of halogens is 2. The molecule has 2 aromatic rings. The van der Waals surface area contributed by atoms with Crippen LogP contribution in [0.1, 0.15) is 18.6 Å². The summed E-state index contributed by atoms with van der Waals surface area (Å²) in [7, 11) is 0. The number of nitro benzene ring substituents is 1. The molecule has 0 bridgehead atoms. The van der Waals surface area contributed by atoms with Crippen LogP contribution in [0, 0.1) is 21.7 Å². The van der Waals surface area contributed by atoms with Gasteiger partial charge in [0.05, 0.1) is 11.0 Å². The fourth-order valence-corrected chi connectivity index (χ4v) is 1.78. The molecule has 5 nitrogen and oxygen atoms in total. The Morgan fingerprint density at radius 3 is 2.38 bits per heavy atom. The second kappa shape index (κ2) is 5.84. The monoisotopic (exact) mass is 295 g/mol. The van der Waals surface area contributed by atoms with E-state index < -0.39 is 28.3 Å². The lowest BCUT2D eigenvalue weighted by Crippen LogP contribution is -1.99. The van der Waals surface area contributed by atoms with Gasteiger partial charge in [-0.2, -0.15) is 0 Å². The van der Waals surface area contributed by atoms with Crippen molar-refractivity contribution in [2.45, 2.75) is 13.0 Å². The van der Waals surface area contributed by atoms with Crippen LogP contribution in [0.4, 0.5) is 14.5 Å². The van der Waals surface area contributed by atoms with Crippen molar-refractivity contribution < 1.29 is 23.5 Å². The molecule has 0 saturated carbocycles. The van der Waals surface area contributed by atoms with Gasteiger partial charge in [0.15, 0.2) is 0 Å². The van der Waals surface area contributed by atoms with Crippen LogP contribution in [0.5, 0.6) is 11.5 Å². The highest BCUT2D eigenvalue weighted by molar-refractivity contribution is 5.50. The summed E-state index contributed by atoms with van der Waals surface area (Å²) in [6, 6.07) is 6.10. The summed E-state index contributed by atoms with van der Waals surface area (Å²) in [5.74, 6) is -1.61. The Balaban J connectivity index is 2.47. The van der Waals surface area contributed by atoms with Crippen LogP contribution in [0.15, 0.2) is 36.4 Å². The zero-order valence-corrected chi connectivity index (χ0v) is 10.9. The lowest BCUT2D eigenvalue weighted by atomic mass is 10.1. The van der Waals surface area contributed by atoms with Gasteiger partial charge in [0.1, 0.15) is 17.4 Å². The van der Waals surface area contributed by atoms with Gasteiger partial charge >= 0.3 is 5.69 Å².